The first-order chi connectivity index (χ1) is 13.9. The Morgan fingerprint density at radius 3 is 2.38 bits per heavy atom. The quantitative estimate of drug-likeness (QED) is 0.669. The molecule has 2 unspecified atom stereocenters. The molecule has 8 rings (SSSR count). The van der Waals surface area contributed by atoms with E-state index in [9.17, 15) is 5.11 Å². The van der Waals surface area contributed by atoms with Gasteiger partial charge < -0.3 is 28.8 Å². The van der Waals surface area contributed by atoms with Crippen LogP contribution in [0.4, 0.5) is 0 Å². The topological polar surface area (TPSA) is 66.4 Å². The summed E-state index contributed by atoms with van der Waals surface area (Å²) in [5.74, 6) is -0.582. The number of hydrogen-bond donors (Lipinski definition) is 1. The highest BCUT2D eigenvalue weighted by Gasteiger charge is 2.98. The average molecular weight is 405 g/mol. The van der Waals surface area contributed by atoms with Crippen LogP contribution in [0, 0.1) is 22.2 Å². The van der Waals surface area contributed by atoms with E-state index in [0.29, 0.717) is 32.3 Å². The predicted octanol–water partition coefficient (Wildman–Crippen LogP) is 2.52. The van der Waals surface area contributed by atoms with E-state index in [1.165, 1.54) is 0 Å². The first-order valence-electron chi connectivity index (χ1n) is 11.9. The molecule has 2 bridgehead atoms. The van der Waals surface area contributed by atoms with Gasteiger partial charge in [-0.3, -0.25) is 0 Å². The van der Waals surface area contributed by atoms with Crippen LogP contribution in [-0.2, 0) is 23.7 Å². The third-order valence-electron chi connectivity index (χ3n) is 11.4. The van der Waals surface area contributed by atoms with Crippen molar-refractivity contribution in [3.8, 4) is 0 Å². The zero-order valence-electron chi connectivity index (χ0n) is 17.3. The molecule has 6 spiro atoms. The molecule has 4 aliphatic carbocycles. The van der Waals surface area contributed by atoms with Crippen LogP contribution in [0.5, 0.6) is 0 Å². The summed E-state index contributed by atoms with van der Waals surface area (Å²) in [7, 11) is 0. The smallest absolute Gasteiger partial charge is 0.174 e. The molecule has 0 aromatic carbocycles. The summed E-state index contributed by atoms with van der Waals surface area (Å²) >= 11 is 0. The van der Waals surface area contributed by atoms with E-state index in [0.717, 1.165) is 57.8 Å². The second-order valence-electron chi connectivity index (χ2n) is 11.7. The number of ether oxygens (including phenoxy) is 5. The number of aliphatic hydroxyl groups is 1. The van der Waals surface area contributed by atoms with Crippen molar-refractivity contribution < 1.29 is 28.8 Å². The van der Waals surface area contributed by atoms with E-state index in [-0.39, 0.29) is 33.6 Å². The van der Waals surface area contributed by atoms with Crippen LogP contribution in [0.25, 0.3) is 0 Å². The molecule has 4 aliphatic heterocycles. The Labute approximate surface area is 171 Å². The average Bonchev–Trinajstić information content (AvgIpc) is 3.23. The fraction of sp³-hybridized carbons (Fsp3) is 1.00. The van der Waals surface area contributed by atoms with E-state index in [1.54, 1.807) is 0 Å². The summed E-state index contributed by atoms with van der Waals surface area (Å²) in [6, 6.07) is 0. The van der Waals surface area contributed by atoms with Gasteiger partial charge in [0.2, 0.25) is 0 Å². The van der Waals surface area contributed by atoms with Crippen molar-refractivity contribution in [2.75, 3.05) is 26.4 Å². The largest absolute Gasteiger partial charge is 0.392 e. The maximum atomic E-state index is 11.8. The molecular weight excluding hydrogens is 372 g/mol. The van der Waals surface area contributed by atoms with Crippen molar-refractivity contribution in [2.24, 2.45) is 22.2 Å². The van der Waals surface area contributed by atoms with Gasteiger partial charge in [-0.05, 0) is 44.4 Å². The van der Waals surface area contributed by atoms with Gasteiger partial charge in [-0.1, -0.05) is 6.92 Å². The van der Waals surface area contributed by atoms with Crippen LogP contribution in [0.2, 0.25) is 0 Å². The van der Waals surface area contributed by atoms with Gasteiger partial charge >= 0.3 is 0 Å². The molecule has 8 fully saturated rings. The monoisotopic (exact) mass is 404 g/mol. The lowest BCUT2D eigenvalue weighted by Crippen LogP contribution is -2.64. The van der Waals surface area contributed by atoms with Crippen LogP contribution in [0.3, 0.4) is 0 Å². The molecule has 7 atom stereocenters. The van der Waals surface area contributed by atoms with Gasteiger partial charge in [-0.15, -0.1) is 0 Å². The summed E-state index contributed by atoms with van der Waals surface area (Å²) < 4.78 is 32.2. The number of fused-ring (bicyclic) bond motifs is 2. The van der Waals surface area contributed by atoms with Crippen molar-refractivity contribution in [1.29, 1.82) is 0 Å². The first kappa shape index (κ1) is 17.3. The Morgan fingerprint density at radius 1 is 0.828 bits per heavy atom. The Bertz CT molecular complexity index is 803. The zero-order valence-corrected chi connectivity index (χ0v) is 17.3. The normalized spacial score (nSPS) is 62.3. The second-order valence-corrected chi connectivity index (χ2v) is 11.7. The molecule has 0 radical (unpaired) electrons. The van der Waals surface area contributed by atoms with Crippen molar-refractivity contribution in [1.82, 2.24) is 0 Å². The lowest BCUT2D eigenvalue weighted by molar-refractivity contribution is -0.282. The highest BCUT2D eigenvalue weighted by molar-refractivity contribution is 5.44. The number of rotatable bonds is 0. The van der Waals surface area contributed by atoms with Crippen molar-refractivity contribution in [2.45, 2.75) is 93.6 Å². The summed E-state index contributed by atoms with van der Waals surface area (Å²) in [6.45, 7) is 5.04. The molecule has 160 valence electrons. The molecular formula is C23H32O6. The van der Waals surface area contributed by atoms with Gasteiger partial charge in [0.05, 0.1) is 43.7 Å². The fourth-order valence-corrected chi connectivity index (χ4v) is 10.6. The first-order valence-corrected chi connectivity index (χ1v) is 11.9. The summed E-state index contributed by atoms with van der Waals surface area (Å²) in [5, 5.41) is 11.8. The van der Waals surface area contributed by atoms with Gasteiger partial charge in [-0.2, -0.15) is 0 Å². The molecule has 29 heavy (non-hydrogen) atoms. The molecule has 8 aliphatic rings. The van der Waals surface area contributed by atoms with Gasteiger partial charge in [0, 0.05) is 35.5 Å². The number of aliphatic hydroxyl groups excluding tert-OH is 1. The van der Waals surface area contributed by atoms with Gasteiger partial charge in [0.15, 0.2) is 11.6 Å². The molecule has 4 saturated heterocycles. The fourth-order valence-electron chi connectivity index (χ4n) is 10.6. The number of hydrogen-bond acceptors (Lipinski definition) is 6. The van der Waals surface area contributed by atoms with Gasteiger partial charge in [-0.25, -0.2) is 0 Å². The van der Waals surface area contributed by atoms with Gasteiger partial charge in [0.1, 0.15) is 0 Å². The third-order valence-corrected chi connectivity index (χ3v) is 11.4. The lowest BCUT2D eigenvalue weighted by atomic mass is 9.48. The van der Waals surface area contributed by atoms with Crippen LogP contribution >= 0.6 is 0 Å². The molecule has 1 N–H and O–H groups in total. The highest BCUT2D eigenvalue weighted by Crippen LogP contribution is 2.94. The maximum absolute atomic E-state index is 11.8. The van der Waals surface area contributed by atoms with Gasteiger partial charge in [0.25, 0.3) is 0 Å². The SMILES string of the molecule is CC12CC(O)[C@]34C[C@]35CCC3(C[C@]56CC[C@]4(O6)[C@@H]1CCC21OCCO1)OCCO3. The Morgan fingerprint density at radius 2 is 1.59 bits per heavy atom. The molecule has 4 saturated carbocycles. The Kier molecular flexibility index (Phi) is 2.75. The van der Waals surface area contributed by atoms with Crippen LogP contribution in [0.15, 0.2) is 0 Å². The predicted molar refractivity (Wildman–Crippen MR) is 99.8 cm³/mol. The molecule has 0 aromatic rings. The van der Waals surface area contributed by atoms with E-state index in [2.05, 4.69) is 6.92 Å². The zero-order chi connectivity index (χ0) is 19.4. The summed E-state index contributed by atoms with van der Waals surface area (Å²) in [4.78, 5) is 0. The Balaban J connectivity index is 1.27. The van der Waals surface area contributed by atoms with E-state index >= 15 is 0 Å². The minimum Gasteiger partial charge on any atom is -0.392 e. The van der Waals surface area contributed by atoms with Crippen LogP contribution in [0.1, 0.15) is 64.7 Å². The van der Waals surface area contributed by atoms with Crippen LogP contribution < -0.4 is 0 Å². The highest BCUT2D eigenvalue weighted by atomic mass is 16.7. The van der Waals surface area contributed by atoms with Crippen molar-refractivity contribution in [3.63, 3.8) is 0 Å². The molecule has 6 nitrogen and oxygen atoms in total. The lowest BCUT2D eigenvalue weighted by Gasteiger charge is -2.58. The molecule has 0 aromatic heterocycles. The van der Waals surface area contributed by atoms with E-state index in [1.807, 2.05) is 0 Å². The minimum atomic E-state index is -0.525. The molecule has 0 amide bonds. The maximum Gasteiger partial charge on any atom is 0.174 e. The summed E-state index contributed by atoms with van der Waals surface area (Å²) in [5.41, 5.74) is -0.564. The summed E-state index contributed by atoms with van der Waals surface area (Å²) in [6.07, 6.45) is 8.56. The molecule has 6 heteroatoms. The standard InChI is InChI=1S/C23H32O6/c1-17-12-16(24)21-13-18(21)4-6-20(25-8-9-26-20)14-19(18)5-7-22(21,29-19)15(17)2-3-23(17)27-10-11-28-23/h15-16,24H,2-14H2,1H3/t15-,16?,17?,18+,19-,21-,22+/m1/s1. The minimum absolute atomic E-state index is 0.0766. The molecule has 4 heterocycles. The van der Waals surface area contributed by atoms with Crippen molar-refractivity contribution in [3.05, 3.63) is 0 Å². The Hall–Kier alpha value is -0.240. The van der Waals surface area contributed by atoms with Crippen molar-refractivity contribution >= 4 is 0 Å². The van der Waals surface area contributed by atoms with Crippen LogP contribution in [-0.4, -0.2) is 60.4 Å². The third kappa shape index (κ3) is 1.45. The second kappa shape index (κ2) is 4.60. The van der Waals surface area contributed by atoms with E-state index in [4.69, 9.17) is 23.7 Å². The van der Waals surface area contributed by atoms with E-state index < -0.39 is 11.6 Å².